The van der Waals surface area contributed by atoms with Crippen LogP contribution in [0.4, 0.5) is 0 Å². The molecule has 21 heavy (non-hydrogen) atoms. The molecule has 114 valence electrons. The molecule has 3 unspecified atom stereocenters. The lowest BCUT2D eigenvalue weighted by molar-refractivity contribution is -0.148. The van der Waals surface area contributed by atoms with Gasteiger partial charge in [0.05, 0.1) is 13.0 Å². The summed E-state index contributed by atoms with van der Waals surface area (Å²) in [4.78, 5) is 14.7. The first-order valence-corrected chi connectivity index (χ1v) is 8.01. The summed E-state index contributed by atoms with van der Waals surface area (Å²) < 4.78 is 5.11. The van der Waals surface area contributed by atoms with Crippen LogP contribution in [0.5, 0.6) is 0 Å². The van der Waals surface area contributed by atoms with E-state index in [1.807, 2.05) is 0 Å². The number of esters is 1. The van der Waals surface area contributed by atoms with Crippen LogP contribution in [0.25, 0.3) is 0 Å². The minimum atomic E-state index is -0.0293. The van der Waals surface area contributed by atoms with Crippen LogP contribution in [0.15, 0.2) is 24.3 Å². The molecule has 0 N–H and O–H groups in total. The van der Waals surface area contributed by atoms with Crippen LogP contribution in [-0.2, 0) is 16.0 Å². The first-order valence-electron chi connectivity index (χ1n) is 8.01. The number of carbonyl (C=O) groups excluding carboxylic acids is 1. The van der Waals surface area contributed by atoms with Gasteiger partial charge in [-0.1, -0.05) is 31.2 Å². The minimum absolute atomic E-state index is 0.0173. The van der Waals surface area contributed by atoms with E-state index in [0.29, 0.717) is 17.9 Å². The molecule has 1 saturated carbocycles. The average Bonchev–Trinajstić information content (AvgIpc) is 2.81. The van der Waals surface area contributed by atoms with E-state index >= 15 is 0 Å². The zero-order chi connectivity index (χ0) is 15.0. The van der Waals surface area contributed by atoms with E-state index in [2.05, 4.69) is 43.1 Å². The Bertz CT molecular complexity index is 508. The van der Waals surface area contributed by atoms with Gasteiger partial charge < -0.3 is 9.64 Å². The number of nitrogens with zero attached hydrogens (tertiary/aromatic N) is 1. The fourth-order valence-corrected chi connectivity index (χ4v) is 4.26. The van der Waals surface area contributed by atoms with Crippen molar-refractivity contribution < 1.29 is 9.53 Å². The molecule has 1 heterocycles. The molecule has 0 aromatic heterocycles. The van der Waals surface area contributed by atoms with Crippen molar-refractivity contribution in [2.24, 2.45) is 11.8 Å². The highest BCUT2D eigenvalue weighted by Crippen LogP contribution is 2.47. The van der Waals surface area contributed by atoms with E-state index in [4.69, 9.17) is 4.74 Å². The third-order valence-electron chi connectivity index (χ3n) is 5.48. The lowest BCUT2D eigenvalue weighted by atomic mass is 9.70. The largest absolute Gasteiger partial charge is 0.469 e. The predicted octanol–water partition coefficient (Wildman–Crippen LogP) is 2.85. The molecule has 0 amide bonds. The smallest absolute Gasteiger partial charge is 0.309 e. The van der Waals surface area contributed by atoms with Crippen LogP contribution in [0.2, 0.25) is 0 Å². The maximum Gasteiger partial charge on any atom is 0.309 e. The van der Waals surface area contributed by atoms with Gasteiger partial charge in [-0.15, -0.1) is 0 Å². The molecule has 2 aliphatic rings. The van der Waals surface area contributed by atoms with Crippen molar-refractivity contribution in [2.75, 3.05) is 20.7 Å². The summed E-state index contributed by atoms with van der Waals surface area (Å²) in [5, 5.41) is 0. The Morgan fingerprint density at radius 3 is 2.62 bits per heavy atom. The quantitative estimate of drug-likeness (QED) is 0.801. The number of likely N-dealkylation sites (tertiary alicyclic amines) is 1. The number of aryl methyl sites for hydroxylation is 1. The third kappa shape index (κ3) is 2.59. The molecule has 3 heteroatoms. The lowest BCUT2D eigenvalue weighted by Gasteiger charge is -2.35. The van der Waals surface area contributed by atoms with Crippen LogP contribution >= 0.6 is 0 Å². The number of rotatable bonds is 3. The van der Waals surface area contributed by atoms with Crippen LogP contribution in [0.3, 0.4) is 0 Å². The maximum absolute atomic E-state index is 12.3. The SMILES string of the molecule is CCc1ccc(C2CC3C[C@@H](CN3C)C2C(=O)OC)cc1. The van der Waals surface area contributed by atoms with Gasteiger partial charge in [0.25, 0.3) is 0 Å². The monoisotopic (exact) mass is 287 g/mol. The fourth-order valence-electron chi connectivity index (χ4n) is 4.26. The minimum Gasteiger partial charge on any atom is -0.469 e. The molecule has 1 saturated heterocycles. The molecular weight excluding hydrogens is 262 g/mol. The van der Waals surface area contributed by atoms with Crippen molar-refractivity contribution in [3.8, 4) is 0 Å². The van der Waals surface area contributed by atoms with E-state index in [9.17, 15) is 4.79 Å². The van der Waals surface area contributed by atoms with Crippen molar-refractivity contribution in [3.63, 3.8) is 0 Å². The third-order valence-corrected chi connectivity index (χ3v) is 5.48. The second-order valence-electron chi connectivity index (χ2n) is 6.58. The highest BCUT2D eigenvalue weighted by atomic mass is 16.5. The number of carbonyl (C=O) groups is 1. The Hall–Kier alpha value is -1.35. The van der Waals surface area contributed by atoms with Gasteiger partial charge in [-0.2, -0.15) is 0 Å². The Labute approximate surface area is 127 Å². The fraction of sp³-hybridized carbons (Fsp3) is 0.611. The molecule has 0 radical (unpaired) electrons. The van der Waals surface area contributed by atoms with Crippen LogP contribution in [0, 0.1) is 11.8 Å². The number of hydrogen-bond donors (Lipinski definition) is 0. The highest BCUT2D eigenvalue weighted by Gasteiger charge is 2.48. The summed E-state index contributed by atoms with van der Waals surface area (Å²) in [7, 11) is 3.70. The molecule has 1 aromatic carbocycles. The first kappa shape index (κ1) is 14.6. The molecule has 3 rings (SSSR count). The Kier molecular flexibility index (Phi) is 4.03. The summed E-state index contributed by atoms with van der Waals surface area (Å²) in [6.45, 7) is 3.19. The number of fused-ring (bicyclic) bond motifs is 2. The van der Waals surface area contributed by atoms with Crippen molar-refractivity contribution in [2.45, 2.75) is 38.1 Å². The van der Waals surface area contributed by atoms with Gasteiger partial charge in [0.1, 0.15) is 0 Å². The van der Waals surface area contributed by atoms with Gasteiger partial charge in [0.15, 0.2) is 0 Å². The number of methoxy groups -OCH3 is 1. The van der Waals surface area contributed by atoms with E-state index in [1.54, 1.807) is 0 Å². The molecule has 2 fully saturated rings. The lowest BCUT2D eigenvalue weighted by Crippen LogP contribution is -2.36. The molecular formula is C18H25NO2. The van der Waals surface area contributed by atoms with E-state index < -0.39 is 0 Å². The summed E-state index contributed by atoms with van der Waals surface area (Å²) in [6.07, 6.45) is 3.26. The second kappa shape index (κ2) is 5.80. The zero-order valence-electron chi connectivity index (χ0n) is 13.2. The van der Waals surface area contributed by atoms with Gasteiger partial charge in [-0.3, -0.25) is 4.79 Å². The molecule has 1 aliphatic carbocycles. The van der Waals surface area contributed by atoms with Gasteiger partial charge in [-0.05, 0) is 49.3 Å². The molecule has 0 spiro atoms. The maximum atomic E-state index is 12.3. The number of hydrogen-bond acceptors (Lipinski definition) is 3. The average molecular weight is 287 g/mol. The van der Waals surface area contributed by atoms with Gasteiger partial charge in [0, 0.05) is 12.6 Å². The Balaban J connectivity index is 1.91. The van der Waals surface area contributed by atoms with Gasteiger partial charge >= 0.3 is 5.97 Å². The molecule has 1 aliphatic heterocycles. The highest BCUT2D eigenvalue weighted by molar-refractivity contribution is 5.74. The molecule has 1 aromatic rings. The van der Waals surface area contributed by atoms with Gasteiger partial charge in [-0.25, -0.2) is 0 Å². The van der Waals surface area contributed by atoms with Crippen molar-refractivity contribution in [3.05, 3.63) is 35.4 Å². The summed E-state index contributed by atoms with van der Waals surface area (Å²) in [5.74, 6) is 0.733. The standard InChI is InChI=1S/C18H25NO2/c1-4-12-5-7-13(8-6-12)16-10-15-9-14(11-19(15)2)17(16)18(20)21-3/h5-8,14-17H,4,9-11H2,1-3H3/t14-,15?,16?,17?/m0/s1. The zero-order valence-corrected chi connectivity index (χ0v) is 13.2. The predicted molar refractivity (Wildman–Crippen MR) is 83.2 cm³/mol. The first-order chi connectivity index (χ1) is 10.1. The van der Waals surface area contributed by atoms with Crippen molar-refractivity contribution >= 4 is 5.97 Å². The van der Waals surface area contributed by atoms with Crippen LogP contribution in [0.1, 0.15) is 36.8 Å². The summed E-state index contributed by atoms with van der Waals surface area (Å²) in [5.41, 5.74) is 2.65. The summed E-state index contributed by atoms with van der Waals surface area (Å²) in [6, 6.07) is 9.44. The van der Waals surface area contributed by atoms with Crippen molar-refractivity contribution in [1.82, 2.24) is 4.90 Å². The number of ether oxygens (including phenoxy) is 1. The van der Waals surface area contributed by atoms with Crippen molar-refractivity contribution in [1.29, 1.82) is 0 Å². The molecule has 4 atom stereocenters. The second-order valence-corrected chi connectivity index (χ2v) is 6.58. The normalized spacial score (nSPS) is 32.1. The topological polar surface area (TPSA) is 29.5 Å². The Morgan fingerprint density at radius 1 is 1.29 bits per heavy atom. The van der Waals surface area contributed by atoms with Gasteiger partial charge in [0.2, 0.25) is 0 Å². The molecule has 3 nitrogen and oxygen atoms in total. The Morgan fingerprint density at radius 2 is 2.00 bits per heavy atom. The molecule has 2 bridgehead atoms. The van der Waals surface area contributed by atoms with Crippen LogP contribution in [-0.4, -0.2) is 37.6 Å². The van der Waals surface area contributed by atoms with E-state index in [1.165, 1.54) is 18.2 Å². The summed E-state index contributed by atoms with van der Waals surface area (Å²) >= 11 is 0. The van der Waals surface area contributed by atoms with E-state index in [0.717, 1.165) is 25.8 Å². The number of benzene rings is 1. The van der Waals surface area contributed by atoms with Crippen LogP contribution < -0.4 is 0 Å². The van der Waals surface area contributed by atoms with E-state index in [-0.39, 0.29) is 11.9 Å².